The second-order valence-electron chi connectivity index (χ2n) is 5.93. The second kappa shape index (κ2) is 9.37. The minimum absolute atomic E-state index is 0.0836. The van der Waals surface area contributed by atoms with Gasteiger partial charge in [0.1, 0.15) is 12.4 Å². The summed E-state index contributed by atoms with van der Waals surface area (Å²) in [7, 11) is 0. The first-order valence-corrected chi connectivity index (χ1v) is 8.50. The van der Waals surface area contributed by atoms with Gasteiger partial charge in [-0.25, -0.2) is 0 Å². The summed E-state index contributed by atoms with van der Waals surface area (Å²) in [6.07, 6.45) is 0. The van der Waals surface area contributed by atoms with Crippen molar-refractivity contribution in [1.82, 2.24) is 5.32 Å². The Hall–Kier alpha value is -3.86. The van der Waals surface area contributed by atoms with Crippen molar-refractivity contribution in [1.29, 1.82) is 0 Å². The zero-order chi connectivity index (χ0) is 21.6. The number of rotatable bonds is 7. The highest BCUT2D eigenvalue weighted by Gasteiger charge is 2.20. The van der Waals surface area contributed by atoms with Gasteiger partial charge in [0.05, 0.1) is 21.5 Å². The van der Waals surface area contributed by atoms with Crippen molar-refractivity contribution >= 4 is 40.3 Å². The van der Waals surface area contributed by atoms with E-state index in [-0.39, 0.29) is 10.7 Å². The first-order valence-electron chi connectivity index (χ1n) is 8.09. The summed E-state index contributed by atoms with van der Waals surface area (Å²) in [6.45, 7) is 5.97. The van der Waals surface area contributed by atoms with E-state index < -0.39 is 27.1 Å². The maximum atomic E-state index is 12.3. The third kappa shape index (κ3) is 6.36. The molecule has 11 heteroatoms. The van der Waals surface area contributed by atoms with E-state index in [0.29, 0.717) is 18.0 Å². The summed E-state index contributed by atoms with van der Waals surface area (Å²) in [4.78, 5) is 32.5. The van der Waals surface area contributed by atoms with Crippen LogP contribution < -0.4 is 15.4 Å². The van der Waals surface area contributed by atoms with E-state index in [1.807, 2.05) is 6.92 Å². The molecule has 1 amide bonds. The van der Waals surface area contributed by atoms with Crippen molar-refractivity contribution in [2.45, 2.75) is 6.92 Å². The van der Waals surface area contributed by atoms with Gasteiger partial charge in [-0.3, -0.25) is 30.3 Å². The molecule has 0 aliphatic carbocycles. The molecule has 0 saturated carbocycles. The van der Waals surface area contributed by atoms with Crippen LogP contribution in [0.15, 0.2) is 54.6 Å². The Labute approximate surface area is 170 Å². The molecule has 0 aromatic heterocycles. The fraction of sp³-hybridized carbons (Fsp3) is 0.111. The Bertz CT molecular complexity index is 958. The first-order chi connectivity index (χ1) is 13.7. The molecule has 0 saturated heterocycles. The maximum absolute atomic E-state index is 12.3. The van der Waals surface area contributed by atoms with Gasteiger partial charge < -0.3 is 10.1 Å². The number of thiocarbonyl (C=S) groups is 1. The predicted molar refractivity (Wildman–Crippen MR) is 110 cm³/mol. The SMILES string of the molecule is C=C(C)COc1ccc(NC(=S)NC(=O)c2cc([N+](=O)[O-])cc([N+](=O)[O-])c2)cc1. The molecule has 2 aromatic carbocycles. The van der Waals surface area contributed by atoms with Gasteiger partial charge in [0.15, 0.2) is 5.11 Å². The minimum Gasteiger partial charge on any atom is -0.489 e. The zero-order valence-corrected chi connectivity index (χ0v) is 16.0. The van der Waals surface area contributed by atoms with Gasteiger partial charge in [0.2, 0.25) is 0 Å². The third-order valence-corrected chi connectivity index (χ3v) is 3.61. The molecule has 0 bridgehead atoms. The van der Waals surface area contributed by atoms with E-state index in [0.717, 1.165) is 23.8 Å². The number of non-ortho nitro benzene ring substituents is 2. The number of nitro groups is 2. The standard InChI is InChI=1S/C18H16N4O6S/c1-11(2)10-28-16-5-3-13(4-6-16)19-18(29)20-17(23)12-7-14(21(24)25)9-15(8-12)22(26)27/h3-9H,1,10H2,2H3,(H2,19,20,23,29). The molecule has 10 nitrogen and oxygen atoms in total. The van der Waals surface area contributed by atoms with Crippen LogP contribution in [0.3, 0.4) is 0 Å². The zero-order valence-electron chi connectivity index (χ0n) is 15.2. The molecule has 2 N–H and O–H groups in total. The summed E-state index contributed by atoms with van der Waals surface area (Å²) in [5.41, 5.74) is 0.0150. The quantitative estimate of drug-likeness (QED) is 0.302. The minimum atomic E-state index is -0.823. The molecular weight excluding hydrogens is 400 g/mol. The number of ether oxygens (including phenoxy) is 1. The third-order valence-electron chi connectivity index (χ3n) is 3.41. The van der Waals surface area contributed by atoms with Crippen molar-refractivity contribution < 1.29 is 19.4 Å². The van der Waals surface area contributed by atoms with Gasteiger partial charge in [-0.1, -0.05) is 6.58 Å². The van der Waals surface area contributed by atoms with Crippen molar-refractivity contribution in [3.8, 4) is 5.75 Å². The van der Waals surface area contributed by atoms with Gasteiger partial charge in [-0.05, 0) is 49.0 Å². The lowest BCUT2D eigenvalue weighted by Crippen LogP contribution is -2.34. The largest absolute Gasteiger partial charge is 0.489 e. The Kier molecular flexibility index (Phi) is 6.93. The van der Waals surface area contributed by atoms with E-state index in [9.17, 15) is 25.0 Å². The number of nitro benzene ring substituents is 2. The number of nitrogens with zero attached hydrogens (tertiary/aromatic N) is 2. The molecule has 150 valence electrons. The van der Waals surface area contributed by atoms with Crippen molar-refractivity contribution in [3.05, 3.63) is 80.4 Å². The molecule has 0 atom stereocenters. The van der Waals surface area contributed by atoms with Crippen molar-refractivity contribution in [3.63, 3.8) is 0 Å². The first kappa shape index (κ1) is 21.4. The number of benzene rings is 2. The lowest BCUT2D eigenvalue weighted by atomic mass is 10.1. The van der Waals surface area contributed by atoms with E-state index in [2.05, 4.69) is 17.2 Å². The van der Waals surface area contributed by atoms with Crippen LogP contribution in [-0.2, 0) is 0 Å². The number of anilines is 1. The molecule has 0 radical (unpaired) electrons. The maximum Gasteiger partial charge on any atom is 0.277 e. The lowest BCUT2D eigenvalue weighted by Gasteiger charge is -2.11. The van der Waals surface area contributed by atoms with Crippen LogP contribution in [0.2, 0.25) is 0 Å². The van der Waals surface area contributed by atoms with Gasteiger partial charge >= 0.3 is 0 Å². The predicted octanol–water partition coefficient (Wildman–Crippen LogP) is 3.58. The highest BCUT2D eigenvalue weighted by Crippen LogP contribution is 2.22. The van der Waals surface area contributed by atoms with E-state index >= 15 is 0 Å². The van der Waals surface area contributed by atoms with E-state index in [1.54, 1.807) is 24.3 Å². The van der Waals surface area contributed by atoms with Crippen molar-refractivity contribution in [2.24, 2.45) is 0 Å². The molecule has 29 heavy (non-hydrogen) atoms. The summed E-state index contributed by atoms with van der Waals surface area (Å²) >= 11 is 5.05. The molecular formula is C18H16N4O6S. The highest BCUT2D eigenvalue weighted by atomic mass is 32.1. The average molecular weight is 416 g/mol. The highest BCUT2D eigenvalue weighted by molar-refractivity contribution is 7.80. The van der Waals surface area contributed by atoms with Crippen LogP contribution in [0.1, 0.15) is 17.3 Å². The fourth-order valence-electron chi connectivity index (χ4n) is 2.12. The normalized spacial score (nSPS) is 9.97. The molecule has 0 spiro atoms. The summed E-state index contributed by atoms with van der Waals surface area (Å²) < 4.78 is 5.47. The average Bonchev–Trinajstić information content (AvgIpc) is 2.66. The monoisotopic (exact) mass is 416 g/mol. The van der Waals surface area contributed by atoms with Crippen LogP contribution in [0, 0.1) is 20.2 Å². The van der Waals surface area contributed by atoms with Crippen LogP contribution >= 0.6 is 12.2 Å². The van der Waals surface area contributed by atoms with Gasteiger partial charge in [0.25, 0.3) is 17.3 Å². The second-order valence-corrected chi connectivity index (χ2v) is 6.34. The number of hydrogen-bond acceptors (Lipinski definition) is 7. The topological polar surface area (TPSA) is 137 Å². The number of nitrogens with one attached hydrogen (secondary N) is 2. The molecule has 2 rings (SSSR count). The lowest BCUT2D eigenvalue weighted by molar-refractivity contribution is -0.394. The van der Waals surface area contributed by atoms with Gasteiger partial charge in [-0.2, -0.15) is 0 Å². The molecule has 0 heterocycles. The molecule has 0 unspecified atom stereocenters. The van der Waals surface area contributed by atoms with E-state index in [1.165, 1.54) is 0 Å². The Morgan fingerprint density at radius 3 is 2.14 bits per heavy atom. The van der Waals surface area contributed by atoms with Crippen LogP contribution in [0.25, 0.3) is 0 Å². The number of amides is 1. The van der Waals surface area contributed by atoms with Gasteiger partial charge in [0, 0.05) is 17.8 Å². The Morgan fingerprint density at radius 1 is 1.10 bits per heavy atom. The number of hydrogen-bond donors (Lipinski definition) is 2. The molecule has 0 fully saturated rings. The van der Waals surface area contributed by atoms with Gasteiger partial charge in [-0.15, -0.1) is 0 Å². The summed E-state index contributed by atoms with van der Waals surface area (Å²) in [6, 6.07) is 9.36. The van der Waals surface area contributed by atoms with Crippen LogP contribution in [0.4, 0.5) is 17.1 Å². The Balaban J connectivity index is 2.05. The fourth-order valence-corrected chi connectivity index (χ4v) is 2.33. The van der Waals surface area contributed by atoms with Crippen LogP contribution in [0.5, 0.6) is 5.75 Å². The summed E-state index contributed by atoms with van der Waals surface area (Å²) in [5, 5.41) is 26.9. The molecule has 0 aliphatic rings. The smallest absolute Gasteiger partial charge is 0.277 e. The van der Waals surface area contributed by atoms with Crippen LogP contribution in [-0.4, -0.2) is 27.5 Å². The molecule has 0 aliphatic heterocycles. The number of carbonyl (C=O) groups is 1. The summed E-state index contributed by atoms with van der Waals surface area (Å²) in [5.74, 6) is -0.201. The Morgan fingerprint density at radius 2 is 1.66 bits per heavy atom. The van der Waals surface area contributed by atoms with E-state index in [4.69, 9.17) is 17.0 Å². The molecule has 2 aromatic rings. The number of carbonyl (C=O) groups excluding carboxylic acids is 1. The van der Waals surface area contributed by atoms with Crippen molar-refractivity contribution in [2.75, 3.05) is 11.9 Å².